The maximum Gasteiger partial charge on any atom is 0.335 e. The van der Waals surface area contributed by atoms with Crippen LogP contribution in [0.4, 0.5) is 10.1 Å². The molecule has 3 aromatic carbocycles. The monoisotopic (exact) mass is 496 g/mol. The van der Waals surface area contributed by atoms with Crippen molar-refractivity contribution in [3.05, 3.63) is 93.8 Å². The molecule has 1 N–H and O–H groups in total. The Morgan fingerprint density at radius 2 is 1.86 bits per heavy atom. The van der Waals surface area contributed by atoms with E-state index in [1.807, 2.05) is 18.2 Å². The van der Waals surface area contributed by atoms with Crippen molar-refractivity contribution in [1.82, 2.24) is 9.55 Å². The van der Waals surface area contributed by atoms with Gasteiger partial charge < -0.3 is 14.7 Å². The Morgan fingerprint density at radius 3 is 2.54 bits per heavy atom. The summed E-state index contributed by atoms with van der Waals surface area (Å²) in [6.07, 6.45) is 1.58. The number of rotatable bonds is 5. The number of ether oxygens (including phenoxy) is 1. The molecule has 1 saturated carbocycles. The fourth-order valence-electron chi connectivity index (χ4n) is 5.34. The van der Waals surface area contributed by atoms with E-state index in [9.17, 15) is 19.2 Å². The van der Waals surface area contributed by atoms with E-state index in [4.69, 9.17) is 9.84 Å². The van der Waals surface area contributed by atoms with Gasteiger partial charge >= 0.3 is 5.97 Å². The normalized spacial score (nSPS) is 19.9. The molecule has 1 unspecified atom stereocenters. The van der Waals surface area contributed by atoms with Crippen LogP contribution in [0, 0.1) is 35.9 Å². The maximum absolute atomic E-state index is 14.4. The first-order valence-corrected chi connectivity index (χ1v) is 11.8. The first-order valence-electron chi connectivity index (χ1n) is 11.8. The van der Waals surface area contributed by atoms with Crippen molar-refractivity contribution in [3.63, 3.8) is 0 Å². The molecule has 1 aliphatic heterocycles. The minimum absolute atomic E-state index is 0.0305. The van der Waals surface area contributed by atoms with Gasteiger partial charge in [0.2, 0.25) is 0 Å². The Kier molecular flexibility index (Phi) is 5.19. The van der Waals surface area contributed by atoms with Crippen molar-refractivity contribution < 1.29 is 19.0 Å². The quantitative estimate of drug-likeness (QED) is 0.433. The summed E-state index contributed by atoms with van der Waals surface area (Å²) in [5, 5.41) is 18.9. The summed E-state index contributed by atoms with van der Waals surface area (Å²) in [7, 11) is 0. The van der Waals surface area contributed by atoms with E-state index in [1.54, 1.807) is 48.1 Å². The van der Waals surface area contributed by atoms with Gasteiger partial charge in [-0.2, -0.15) is 5.26 Å². The third-order valence-corrected chi connectivity index (χ3v) is 7.35. The molecule has 0 amide bonds. The minimum atomic E-state index is -0.956. The van der Waals surface area contributed by atoms with Crippen LogP contribution in [0.3, 0.4) is 0 Å². The maximum atomic E-state index is 14.4. The number of hydrogen-bond acceptors (Lipinski definition) is 6. The van der Waals surface area contributed by atoms with E-state index in [1.165, 1.54) is 12.1 Å². The van der Waals surface area contributed by atoms with Gasteiger partial charge in [-0.25, -0.2) is 14.2 Å². The van der Waals surface area contributed by atoms with Gasteiger partial charge in [0.1, 0.15) is 17.4 Å². The van der Waals surface area contributed by atoms with Crippen LogP contribution in [0.5, 0.6) is 11.5 Å². The molecule has 0 spiro atoms. The molecule has 0 radical (unpaired) electrons. The molecule has 1 aromatic heterocycles. The average Bonchev–Trinajstić information content (AvgIpc) is 3.37. The highest BCUT2D eigenvalue weighted by Crippen LogP contribution is 2.55. The number of aromatic carboxylic acids is 1. The summed E-state index contributed by atoms with van der Waals surface area (Å²) in [6, 6.07) is 16.4. The SMILES string of the molecule is Cc1ccc(F)c(Oc2ccc3ncn(C4[C@H]5CN(c6ccc(C(=O)O)cc6)C[C@@H]45)c(=O)c3c2)c1C#N. The van der Waals surface area contributed by atoms with Crippen LogP contribution in [0.1, 0.15) is 27.5 Å². The molecular weight excluding hydrogens is 475 g/mol. The van der Waals surface area contributed by atoms with Crippen LogP contribution < -0.4 is 15.2 Å². The molecule has 1 saturated heterocycles. The number of carbonyl (C=O) groups is 1. The first kappa shape index (κ1) is 22.7. The summed E-state index contributed by atoms with van der Waals surface area (Å²) in [5.74, 6) is -0.956. The zero-order valence-electron chi connectivity index (χ0n) is 19.8. The zero-order chi connectivity index (χ0) is 25.8. The Morgan fingerprint density at radius 1 is 1.14 bits per heavy atom. The molecule has 2 heterocycles. The molecule has 0 bridgehead atoms. The number of nitriles is 1. The third kappa shape index (κ3) is 3.78. The van der Waals surface area contributed by atoms with Crippen molar-refractivity contribution in [1.29, 1.82) is 5.26 Å². The lowest BCUT2D eigenvalue weighted by molar-refractivity contribution is 0.0697. The van der Waals surface area contributed by atoms with Gasteiger partial charge in [-0.05, 0) is 61.0 Å². The minimum Gasteiger partial charge on any atom is -0.478 e. The lowest BCUT2D eigenvalue weighted by Gasteiger charge is -2.22. The molecule has 2 fully saturated rings. The van der Waals surface area contributed by atoms with Gasteiger partial charge in [-0.15, -0.1) is 0 Å². The van der Waals surface area contributed by atoms with Crippen molar-refractivity contribution in [2.45, 2.75) is 13.0 Å². The van der Waals surface area contributed by atoms with Crippen LogP contribution in [-0.2, 0) is 0 Å². The first-order chi connectivity index (χ1) is 17.9. The number of hydrogen-bond donors (Lipinski definition) is 1. The fourth-order valence-corrected chi connectivity index (χ4v) is 5.34. The highest BCUT2D eigenvalue weighted by Gasteiger charge is 2.57. The third-order valence-electron chi connectivity index (χ3n) is 7.35. The summed E-state index contributed by atoms with van der Waals surface area (Å²) in [5.41, 5.74) is 2.22. The number of aryl methyl sites for hydroxylation is 1. The second-order valence-corrected chi connectivity index (χ2v) is 9.49. The van der Waals surface area contributed by atoms with Gasteiger partial charge in [0, 0.05) is 36.7 Å². The number of aromatic nitrogens is 2. The lowest BCUT2D eigenvalue weighted by Crippen LogP contribution is -2.28. The van der Waals surface area contributed by atoms with Gasteiger partial charge in [0.15, 0.2) is 11.6 Å². The standard InChI is InChI=1S/C28H21FN4O4/c1-15-2-8-23(29)26(20(15)11-30)37-18-7-9-24-19(10-18)27(34)33(14-31-24)25-21-12-32(13-22(21)25)17-5-3-16(4-6-17)28(35)36/h2-10,14,21-22,25H,12-13H2,1H3,(H,35,36)/t21-,22+,25?. The number of anilines is 1. The molecule has 9 heteroatoms. The van der Waals surface area contributed by atoms with E-state index in [0.717, 1.165) is 18.8 Å². The Balaban J connectivity index is 1.24. The molecule has 37 heavy (non-hydrogen) atoms. The average molecular weight is 496 g/mol. The predicted octanol–water partition coefficient (Wildman–Crippen LogP) is 4.51. The molecule has 2 aliphatic rings. The fraction of sp³-hybridized carbons (Fsp3) is 0.214. The molecule has 3 atom stereocenters. The van der Waals surface area contributed by atoms with Crippen LogP contribution >= 0.6 is 0 Å². The van der Waals surface area contributed by atoms with Crippen LogP contribution in [-0.4, -0.2) is 33.7 Å². The summed E-state index contributed by atoms with van der Waals surface area (Å²) >= 11 is 0. The van der Waals surface area contributed by atoms with E-state index >= 15 is 0 Å². The number of nitrogens with zero attached hydrogens (tertiary/aromatic N) is 4. The van der Waals surface area contributed by atoms with E-state index in [-0.39, 0.29) is 46.1 Å². The summed E-state index contributed by atoms with van der Waals surface area (Å²) in [6.45, 7) is 3.23. The predicted molar refractivity (Wildman–Crippen MR) is 134 cm³/mol. The number of carboxylic acid groups (broad SMARTS) is 1. The zero-order valence-corrected chi connectivity index (χ0v) is 19.8. The largest absolute Gasteiger partial charge is 0.478 e. The molecular formula is C28H21FN4O4. The molecule has 184 valence electrons. The Bertz CT molecular complexity index is 1660. The van der Waals surface area contributed by atoms with E-state index in [2.05, 4.69) is 9.88 Å². The molecule has 6 rings (SSSR count). The van der Waals surface area contributed by atoms with Gasteiger partial charge in [0.25, 0.3) is 5.56 Å². The Hall–Kier alpha value is -4.71. The van der Waals surface area contributed by atoms with E-state index < -0.39 is 11.8 Å². The number of fused-ring (bicyclic) bond motifs is 2. The smallest absolute Gasteiger partial charge is 0.335 e. The number of halogens is 1. The molecule has 1 aliphatic carbocycles. The Labute approximate surface area is 210 Å². The topological polar surface area (TPSA) is 108 Å². The second-order valence-electron chi connectivity index (χ2n) is 9.49. The van der Waals surface area contributed by atoms with Gasteiger partial charge in [0.05, 0.1) is 22.8 Å². The van der Waals surface area contributed by atoms with Crippen LogP contribution in [0.15, 0.2) is 65.7 Å². The summed E-state index contributed by atoms with van der Waals surface area (Å²) < 4.78 is 21.8. The molecule has 4 aromatic rings. The van der Waals surface area contributed by atoms with Crippen LogP contribution in [0.2, 0.25) is 0 Å². The van der Waals surface area contributed by atoms with E-state index in [0.29, 0.717) is 16.5 Å². The summed E-state index contributed by atoms with van der Waals surface area (Å²) in [4.78, 5) is 31.2. The van der Waals surface area contributed by atoms with Crippen LogP contribution in [0.25, 0.3) is 10.9 Å². The second kappa shape index (κ2) is 8.45. The van der Waals surface area contributed by atoms with Crippen molar-refractivity contribution in [2.75, 3.05) is 18.0 Å². The van der Waals surface area contributed by atoms with Crippen molar-refractivity contribution in [2.24, 2.45) is 11.8 Å². The van der Waals surface area contributed by atoms with Crippen molar-refractivity contribution in [3.8, 4) is 17.6 Å². The van der Waals surface area contributed by atoms with Crippen molar-refractivity contribution >= 4 is 22.6 Å². The number of benzene rings is 3. The number of piperidine rings is 1. The van der Waals surface area contributed by atoms with Gasteiger partial charge in [-0.1, -0.05) is 6.07 Å². The highest BCUT2D eigenvalue weighted by molar-refractivity contribution is 5.88. The lowest BCUT2D eigenvalue weighted by atomic mass is 10.1. The molecule has 8 nitrogen and oxygen atoms in total. The van der Waals surface area contributed by atoms with Gasteiger partial charge in [-0.3, -0.25) is 9.36 Å². The highest BCUT2D eigenvalue weighted by atomic mass is 19.1. The number of carboxylic acids is 1.